The van der Waals surface area contributed by atoms with Crippen molar-refractivity contribution in [2.24, 2.45) is 0 Å². The van der Waals surface area contributed by atoms with Gasteiger partial charge in [0, 0.05) is 0 Å². The lowest BCUT2D eigenvalue weighted by Crippen LogP contribution is -2.17. The minimum absolute atomic E-state index is 0.0518. The summed E-state index contributed by atoms with van der Waals surface area (Å²) in [6, 6.07) is -0.817. The van der Waals surface area contributed by atoms with Crippen molar-refractivity contribution < 1.29 is 67.0 Å². The van der Waals surface area contributed by atoms with Crippen LogP contribution in [0.25, 0.3) is 0 Å². The van der Waals surface area contributed by atoms with Gasteiger partial charge in [0.15, 0.2) is 0 Å². The third kappa shape index (κ3) is 6.43. The van der Waals surface area contributed by atoms with E-state index in [4.69, 9.17) is 0 Å². The van der Waals surface area contributed by atoms with Crippen molar-refractivity contribution in [3.8, 4) is 11.5 Å². The first-order valence-electron chi connectivity index (χ1n) is 7.75. The van der Waals surface area contributed by atoms with E-state index in [1.165, 1.54) is 0 Å². The van der Waals surface area contributed by atoms with Gasteiger partial charge in [-0.25, -0.2) is 4.79 Å². The molecular formula is C17H6F12O3. The summed E-state index contributed by atoms with van der Waals surface area (Å²) in [5.74, 6) is -2.75. The minimum atomic E-state index is -5.31. The molecule has 2 aromatic carbocycles. The predicted molar refractivity (Wildman–Crippen MR) is 79.5 cm³/mol. The van der Waals surface area contributed by atoms with E-state index in [0.717, 1.165) is 0 Å². The normalized spacial score (nSPS) is 13.1. The highest BCUT2D eigenvalue weighted by Crippen LogP contribution is 2.40. The maximum atomic E-state index is 12.8. The van der Waals surface area contributed by atoms with E-state index >= 15 is 0 Å². The Morgan fingerprint density at radius 3 is 0.875 bits per heavy atom. The Bertz CT molecular complexity index is 856. The van der Waals surface area contributed by atoms with Crippen molar-refractivity contribution in [3.05, 3.63) is 58.7 Å². The van der Waals surface area contributed by atoms with Gasteiger partial charge in [0.05, 0.1) is 22.3 Å². The summed E-state index contributed by atoms with van der Waals surface area (Å²) in [5.41, 5.74) is -7.58. The molecule has 0 amide bonds. The Morgan fingerprint density at radius 1 is 0.469 bits per heavy atom. The number of ether oxygens (including phenoxy) is 2. The maximum absolute atomic E-state index is 12.8. The Morgan fingerprint density at radius 2 is 0.688 bits per heavy atom. The van der Waals surface area contributed by atoms with Crippen LogP contribution in [-0.2, 0) is 24.7 Å². The number of carbonyl (C=O) groups is 1. The van der Waals surface area contributed by atoms with Crippen LogP contribution in [0.5, 0.6) is 11.5 Å². The molecule has 15 heteroatoms. The Kier molecular flexibility index (Phi) is 6.35. The molecule has 0 aliphatic rings. The lowest BCUT2D eigenvalue weighted by atomic mass is 10.1. The van der Waals surface area contributed by atoms with Crippen molar-refractivity contribution in [1.29, 1.82) is 0 Å². The molecule has 0 aliphatic heterocycles. The lowest BCUT2D eigenvalue weighted by Gasteiger charge is -2.15. The zero-order valence-electron chi connectivity index (χ0n) is 14.7. The molecule has 0 saturated carbocycles. The molecule has 0 spiro atoms. The molecule has 0 bridgehead atoms. The number of halogens is 12. The SMILES string of the molecule is O=C(Oc1cc(C(F)(F)F)cc(C(F)(F)F)c1)Oc1cc(C(F)(F)F)cc(C(F)(F)F)c1. The van der Waals surface area contributed by atoms with Crippen molar-refractivity contribution in [2.45, 2.75) is 24.7 Å². The molecule has 0 atom stereocenters. The van der Waals surface area contributed by atoms with Gasteiger partial charge < -0.3 is 9.47 Å². The van der Waals surface area contributed by atoms with Crippen LogP contribution >= 0.6 is 0 Å². The van der Waals surface area contributed by atoms with Gasteiger partial charge in [0.1, 0.15) is 11.5 Å². The summed E-state index contributed by atoms with van der Waals surface area (Å²) in [6.07, 6.45) is -23.4. The molecular weight excluding hydrogens is 480 g/mol. The van der Waals surface area contributed by atoms with Crippen LogP contribution in [-0.4, -0.2) is 6.16 Å². The van der Waals surface area contributed by atoms with Crippen LogP contribution < -0.4 is 9.47 Å². The van der Waals surface area contributed by atoms with Crippen LogP contribution in [0.1, 0.15) is 22.3 Å². The molecule has 0 heterocycles. The van der Waals surface area contributed by atoms with Gasteiger partial charge in [0.25, 0.3) is 0 Å². The molecule has 0 aliphatic carbocycles. The first-order chi connectivity index (χ1) is 14.3. The largest absolute Gasteiger partial charge is 0.519 e. The number of rotatable bonds is 2. The van der Waals surface area contributed by atoms with Gasteiger partial charge in [-0.3, -0.25) is 0 Å². The summed E-state index contributed by atoms with van der Waals surface area (Å²) in [4.78, 5) is 11.7. The second-order valence-electron chi connectivity index (χ2n) is 5.94. The molecule has 2 rings (SSSR count). The molecule has 0 aromatic heterocycles. The van der Waals surface area contributed by atoms with E-state index < -0.39 is 64.6 Å². The molecule has 3 nitrogen and oxygen atoms in total. The van der Waals surface area contributed by atoms with Crippen molar-refractivity contribution in [1.82, 2.24) is 0 Å². The topological polar surface area (TPSA) is 35.5 Å². The summed E-state index contributed by atoms with van der Waals surface area (Å²) in [6.45, 7) is 0. The zero-order chi connectivity index (χ0) is 24.7. The van der Waals surface area contributed by atoms with Crippen LogP contribution in [0.4, 0.5) is 57.5 Å². The average molecular weight is 486 g/mol. The molecule has 32 heavy (non-hydrogen) atoms. The van der Waals surface area contributed by atoms with E-state index in [2.05, 4.69) is 9.47 Å². The highest BCUT2D eigenvalue weighted by Gasteiger charge is 2.39. The predicted octanol–water partition coefficient (Wildman–Crippen LogP) is 7.34. The van der Waals surface area contributed by atoms with Crippen LogP contribution in [0.15, 0.2) is 36.4 Å². The fourth-order valence-electron chi connectivity index (χ4n) is 2.18. The molecule has 0 N–H and O–H groups in total. The Balaban J connectivity index is 2.39. The quantitative estimate of drug-likeness (QED) is 0.253. The van der Waals surface area contributed by atoms with Gasteiger partial charge in [-0.1, -0.05) is 0 Å². The number of hydrogen-bond acceptors (Lipinski definition) is 3. The molecule has 0 unspecified atom stereocenters. The van der Waals surface area contributed by atoms with E-state index in [1.54, 1.807) is 0 Å². The van der Waals surface area contributed by atoms with Crippen LogP contribution in [0.2, 0.25) is 0 Å². The van der Waals surface area contributed by atoms with E-state index in [9.17, 15) is 57.5 Å². The van der Waals surface area contributed by atoms with Crippen molar-refractivity contribution in [3.63, 3.8) is 0 Å². The summed E-state index contributed by atoms with van der Waals surface area (Å²) >= 11 is 0. The first-order valence-corrected chi connectivity index (χ1v) is 7.75. The highest BCUT2D eigenvalue weighted by atomic mass is 19.4. The number of alkyl halides is 12. The Hall–Kier alpha value is -3.13. The van der Waals surface area contributed by atoms with E-state index in [1.807, 2.05) is 0 Å². The van der Waals surface area contributed by atoms with Gasteiger partial charge in [0.2, 0.25) is 0 Å². The number of benzene rings is 2. The van der Waals surface area contributed by atoms with Crippen LogP contribution in [0, 0.1) is 0 Å². The van der Waals surface area contributed by atoms with Gasteiger partial charge in [-0.15, -0.1) is 0 Å². The molecule has 0 radical (unpaired) electrons. The maximum Gasteiger partial charge on any atom is 0.519 e. The van der Waals surface area contributed by atoms with Crippen molar-refractivity contribution in [2.75, 3.05) is 0 Å². The molecule has 0 fully saturated rings. The van der Waals surface area contributed by atoms with E-state index in [0.29, 0.717) is 0 Å². The van der Waals surface area contributed by atoms with Gasteiger partial charge in [-0.05, 0) is 36.4 Å². The molecule has 176 valence electrons. The monoisotopic (exact) mass is 486 g/mol. The molecule has 2 aromatic rings. The highest BCUT2D eigenvalue weighted by molar-refractivity contribution is 5.67. The first kappa shape index (κ1) is 25.1. The zero-order valence-corrected chi connectivity index (χ0v) is 14.7. The number of carbonyl (C=O) groups excluding carboxylic acids is 1. The van der Waals surface area contributed by atoms with E-state index in [-0.39, 0.29) is 36.4 Å². The fourth-order valence-corrected chi connectivity index (χ4v) is 2.18. The smallest absolute Gasteiger partial charge is 0.395 e. The summed E-state index contributed by atoms with van der Waals surface area (Å²) in [7, 11) is 0. The number of hydrogen-bond donors (Lipinski definition) is 0. The second kappa shape index (κ2) is 8.09. The lowest BCUT2D eigenvalue weighted by molar-refractivity contribution is -0.144. The fraction of sp³-hybridized carbons (Fsp3) is 0.235. The van der Waals surface area contributed by atoms with Gasteiger partial charge in [-0.2, -0.15) is 52.7 Å². The third-order valence-corrected chi connectivity index (χ3v) is 3.52. The van der Waals surface area contributed by atoms with Crippen molar-refractivity contribution >= 4 is 6.16 Å². The Labute approximate surface area is 169 Å². The minimum Gasteiger partial charge on any atom is -0.395 e. The average Bonchev–Trinajstić information content (AvgIpc) is 2.58. The third-order valence-electron chi connectivity index (χ3n) is 3.52. The standard InChI is InChI=1S/C17H6F12O3/c18-14(19,20)7-1-8(15(21,22)23)4-11(3-7)31-13(30)32-12-5-9(16(24,25)26)2-10(6-12)17(27,28)29/h1-6H. The second-order valence-corrected chi connectivity index (χ2v) is 5.94. The summed E-state index contributed by atoms with van der Waals surface area (Å²) in [5, 5.41) is 0. The van der Waals surface area contributed by atoms with Gasteiger partial charge >= 0.3 is 30.9 Å². The van der Waals surface area contributed by atoms with Crippen LogP contribution in [0.3, 0.4) is 0 Å². The molecule has 0 saturated heterocycles. The summed E-state index contributed by atoms with van der Waals surface area (Å²) < 4.78 is 162.